The largest absolute Gasteiger partial charge is 0.464 e. The van der Waals surface area contributed by atoms with E-state index in [-0.39, 0.29) is 19.6 Å². The topological polar surface area (TPSA) is 52.6 Å². The van der Waals surface area contributed by atoms with Crippen LogP contribution in [0.3, 0.4) is 0 Å². The number of alkyl halides is 1. The van der Waals surface area contributed by atoms with Gasteiger partial charge in [0.1, 0.15) is 0 Å². The van der Waals surface area contributed by atoms with Crippen molar-refractivity contribution in [3.8, 4) is 0 Å². The number of halogens is 2. The lowest BCUT2D eigenvalue weighted by atomic mass is 9.99. The van der Waals surface area contributed by atoms with Gasteiger partial charge in [-0.1, -0.05) is 39.7 Å². The van der Waals surface area contributed by atoms with E-state index in [1.807, 2.05) is 0 Å². The van der Waals surface area contributed by atoms with Crippen molar-refractivity contribution in [3.05, 3.63) is 34.9 Å². The first-order valence-electron chi connectivity index (χ1n) is 6.21. The van der Waals surface area contributed by atoms with Crippen molar-refractivity contribution in [2.24, 2.45) is 0 Å². The fraction of sp³-hybridized carbons (Fsp3) is 0.429. The maximum Gasteiger partial charge on any atom is 0.334 e. The van der Waals surface area contributed by atoms with Crippen molar-refractivity contribution in [1.82, 2.24) is 0 Å². The van der Waals surface area contributed by atoms with E-state index in [2.05, 4.69) is 15.9 Å². The summed E-state index contributed by atoms with van der Waals surface area (Å²) in [5.41, 5.74) is 0.732. The summed E-state index contributed by atoms with van der Waals surface area (Å²) in [7, 11) is 0. The molecule has 4 nitrogen and oxygen atoms in total. The highest BCUT2D eigenvalue weighted by atomic mass is 79.9. The molecule has 0 N–H and O–H groups in total. The summed E-state index contributed by atoms with van der Waals surface area (Å²) in [5, 5.41) is 0.532. The van der Waals surface area contributed by atoms with Crippen LogP contribution in [0.25, 0.3) is 0 Å². The first-order valence-corrected chi connectivity index (χ1v) is 7.39. The first-order chi connectivity index (χ1) is 9.43. The van der Waals surface area contributed by atoms with E-state index >= 15 is 0 Å². The number of rotatable bonds is 6. The molecule has 110 valence electrons. The van der Waals surface area contributed by atoms with E-state index < -0.39 is 16.3 Å². The maximum absolute atomic E-state index is 12.1. The second-order valence-corrected chi connectivity index (χ2v) is 5.84. The smallest absolute Gasteiger partial charge is 0.334 e. The van der Waals surface area contributed by atoms with Crippen molar-refractivity contribution in [1.29, 1.82) is 0 Å². The zero-order valence-electron chi connectivity index (χ0n) is 11.3. The van der Waals surface area contributed by atoms with Gasteiger partial charge in [0.05, 0.1) is 13.2 Å². The van der Waals surface area contributed by atoms with Gasteiger partial charge in [-0.2, -0.15) is 0 Å². The van der Waals surface area contributed by atoms with Crippen LogP contribution in [-0.2, 0) is 25.5 Å². The van der Waals surface area contributed by atoms with Gasteiger partial charge in [-0.15, -0.1) is 0 Å². The third-order valence-electron chi connectivity index (χ3n) is 2.53. The second-order valence-electron chi connectivity index (χ2n) is 4.05. The molecule has 0 aliphatic heterocycles. The van der Waals surface area contributed by atoms with E-state index in [1.165, 1.54) is 0 Å². The van der Waals surface area contributed by atoms with Crippen LogP contribution in [0.4, 0.5) is 0 Å². The summed E-state index contributed by atoms with van der Waals surface area (Å²) >= 11 is 9.09. The lowest BCUT2D eigenvalue weighted by Gasteiger charge is -2.23. The van der Waals surface area contributed by atoms with Gasteiger partial charge in [0.2, 0.25) is 4.32 Å². The Kier molecular flexibility index (Phi) is 6.49. The Hall–Kier alpha value is -1.07. The Morgan fingerprint density at radius 2 is 1.75 bits per heavy atom. The van der Waals surface area contributed by atoms with Gasteiger partial charge in [-0.05, 0) is 31.5 Å². The molecule has 0 saturated heterocycles. The molecular weight excluding hydrogens is 348 g/mol. The van der Waals surface area contributed by atoms with Gasteiger partial charge in [0.25, 0.3) is 0 Å². The van der Waals surface area contributed by atoms with Crippen molar-refractivity contribution in [2.45, 2.75) is 24.6 Å². The molecular formula is C14H16BrClO4. The number of carbonyl (C=O) groups excluding carboxylic acids is 2. The Morgan fingerprint density at radius 1 is 1.20 bits per heavy atom. The molecule has 1 aromatic carbocycles. The van der Waals surface area contributed by atoms with Crippen molar-refractivity contribution >= 4 is 39.5 Å². The minimum Gasteiger partial charge on any atom is -0.464 e. The van der Waals surface area contributed by atoms with Crippen molar-refractivity contribution < 1.29 is 19.1 Å². The molecule has 0 radical (unpaired) electrons. The van der Waals surface area contributed by atoms with E-state index in [4.69, 9.17) is 21.1 Å². The van der Waals surface area contributed by atoms with Crippen LogP contribution in [-0.4, -0.2) is 29.5 Å². The summed E-state index contributed by atoms with van der Waals surface area (Å²) < 4.78 is 8.36. The number of benzene rings is 1. The normalized spacial score (nSPS) is 11.0. The second kappa shape index (κ2) is 7.64. The van der Waals surface area contributed by atoms with Gasteiger partial charge < -0.3 is 9.47 Å². The molecule has 0 aliphatic carbocycles. The quantitative estimate of drug-likeness (QED) is 0.443. The summed E-state index contributed by atoms with van der Waals surface area (Å²) in [6, 6.07) is 6.94. The van der Waals surface area contributed by atoms with Crippen LogP contribution in [0.1, 0.15) is 19.4 Å². The lowest BCUT2D eigenvalue weighted by Crippen LogP contribution is -2.45. The molecule has 0 aliphatic rings. The highest BCUT2D eigenvalue weighted by Crippen LogP contribution is 2.28. The maximum atomic E-state index is 12.1. The number of carbonyl (C=O) groups is 2. The molecule has 0 saturated carbocycles. The van der Waals surface area contributed by atoms with Crippen LogP contribution >= 0.6 is 27.5 Å². The summed E-state index contributed by atoms with van der Waals surface area (Å²) in [5.74, 6) is -1.34. The summed E-state index contributed by atoms with van der Waals surface area (Å²) in [4.78, 5) is 24.1. The average molecular weight is 364 g/mol. The minimum absolute atomic E-state index is 0.102. The highest BCUT2D eigenvalue weighted by molar-refractivity contribution is 9.10. The Balaban J connectivity index is 3.04. The molecule has 1 rings (SSSR count). The Labute approximate surface area is 131 Å². The Bertz CT molecular complexity index is 472. The lowest BCUT2D eigenvalue weighted by molar-refractivity contribution is -0.158. The van der Waals surface area contributed by atoms with Crippen LogP contribution in [0.5, 0.6) is 0 Å². The predicted octanol–water partition coefficient (Wildman–Crippen LogP) is 3.14. The number of esters is 2. The molecule has 20 heavy (non-hydrogen) atoms. The zero-order valence-corrected chi connectivity index (χ0v) is 13.7. The fourth-order valence-electron chi connectivity index (χ4n) is 1.65. The summed E-state index contributed by atoms with van der Waals surface area (Å²) in [6.07, 6.45) is 0.102. The van der Waals surface area contributed by atoms with E-state index in [1.54, 1.807) is 38.1 Å². The van der Waals surface area contributed by atoms with Crippen molar-refractivity contribution in [3.63, 3.8) is 0 Å². The molecule has 0 aromatic heterocycles. The predicted molar refractivity (Wildman–Crippen MR) is 80.1 cm³/mol. The number of hydrogen-bond donors (Lipinski definition) is 0. The monoisotopic (exact) mass is 362 g/mol. The minimum atomic E-state index is -1.55. The van der Waals surface area contributed by atoms with Gasteiger partial charge >= 0.3 is 11.9 Å². The molecule has 0 unspecified atom stereocenters. The summed E-state index contributed by atoms with van der Waals surface area (Å²) in [6.45, 7) is 3.72. The van der Waals surface area contributed by atoms with Crippen LogP contribution in [0.2, 0.25) is 5.02 Å². The van der Waals surface area contributed by atoms with Crippen LogP contribution in [0, 0.1) is 0 Å². The van der Waals surface area contributed by atoms with Crippen LogP contribution in [0.15, 0.2) is 24.3 Å². The van der Waals surface area contributed by atoms with Gasteiger partial charge in [0, 0.05) is 11.4 Å². The van der Waals surface area contributed by atoms with Crippen LogP contribution < -0.4 is 0 Å². The number of hydrogen-bond acceptors (Lipinski definition) is 4. The highest BCUT2D eigenvalue weighted by Gasteiger charge is 2.46. The standard InChI is InChI=1S/C14H16BrClO4/c1-3-19-12(17)14(15,13(18)20-4-2)9-10-6-5-7-11(16)8-10/h5-8H,3-4,9H2,1-2H3. The van der Waals surface area contributed by atoms with E-state index in [0.717, 1.165) is 5.56 Å². The zero-order chi connectivity index (χ0) is 15.2. The van der Waals surface area contributed by atoms with Gasteiger partial charge in [-0.3, -0.25) is 0 Å². The van der Waals surface area contributed by atoms with Gasteiger partial charge in [0.15, 0.2) is 0 Å². The van der Waals surface area contributed by atoms with E-state index in [0.29, 0.717) is 5.02 Å². The molecule has 0 heterocycles. The van der Waals surface area contributed by atoms with E-state index in [9.17, 15) is 9.59 Å². The third-order valence-corrected chi connectivity index (χ3v) is 3.70. The molecule has 0 amide bonds. The molecule has 1 aromatic rings. The molecule has 0 spiro atoms. The van der Waals surface area contributed by atoms with Crippen molar-refractivity contribution in [2.75, 3.05) is 13.2 Å². The first kappa shape index (κ1) is 17.0. The SMILES string of the molecule is CCOC(=O)C(Br)(Cc1cccc(Cl)c1)C(=O)OCC. The van der Waals surface area contributed by atoms with Gasteiger partial charge in [-0.25, -0.2) is 9.59 Å². The molecule has 0 bridgehead atoms. The average Bonchev–Trinajstić information content (AvgIpc) is 2.39. The molecule has 6 heteroatoms. The molecule has 0 fully saturated rings. The third kappa shape index (κ3) is 4.21. The Morgan fingerprint density at radius 3 is 2.20 bits per heavy atom. The molecule has 0 atom stereocenters. The fourth-order valence-corrected chi connectivity index (χ4v) is 2.41. The number of ether oxygens (including phenoxy) is 2.